The lowest BCUT2D eigenvalue weighted by Crippen LogP contribution is -1.84. The number of aromatic nitrogens is 2. The predicted molar refractivity (Wildman–Crippen MR) is 70.7 cm³/mol. The van der Waals surface area contributed by atoms with Gasteiger partial charge in [-0.05, 0) is 6.07 Å². The van der Waals surface area contributed by atoms with Crippen molar-refractivity contribution in [2.24, 2.45) is 0 Å². The van der Waals surface area contributed by atoms with E-state index >= 15 is 0 Å². The van der Waals surface area contributed by atoms with Crippen molar-refractivity contribution >= 4 is 22.2 Å². The monoisotopic (exact) mass is 255 g/mol. The second-order valence-electron chi connectivity index (χ2n) is 3.74. The fourth-order valence-corrected chi connectivity index (χ4v) is 2.55. The maximum Gasteiger partial charge on any atom is 0.273 e. The van der Waals surface area contributed by atoms with Gasteiger partial charge in [-0.2, -0.15) is 5.26 Å². The Morgan fingerprint density at radius 2 is 2.22 bits per heavy atom. The van der Waals surface area contributed by atoms with Gasteiger partial charge in [-0.3, -0.25) is 0 Å². The van der Waals surface area contributed by atoms with E-state index in [4.69, 9.17) is 4.74 Å². The zero-order valence-electron chi connectivity index (χ0n) is 9.60. The van der Waals surface area contributed by atoms with Crippen LogP contribution in [0.2, 0.25) is 0 Å². The molecule has 0 spiro atoms. The minimum atomic E-state index is 0.590. The number of nitrogens with one attached hydrogen (secondary N) is 1. The summed E-state index contributed by atoms with van der Waals surface area (Å²) in [6.45, 7) is 0. The number of para-hydroxylation sites is 1. The minimum absolute atomic E-state index is 0.590. The van der Waals surface area contributed by atoms with Crippen molar-refractivity contribution in [3.05, 3.63) is 35.2 Å². The molecule has 4 nitrogen and oxygen atoms in total. The van der Waals surface area contributed by atoms with Gasteiger partial charge in [0.2, 0.25) is 0 Å². The number of methoxy groups -OCH3 is 1. The number of ether oxygens (including phenoxy) is 1. The summed E-state index contributed by atoms with van der Waals surface area (Å²) in [5, 5.41) is 12.7. The fraction of sp³-hybridized carbons (Fsp3) is 0.0769. The van der Waals surface area contributed by atoms with E-state index in [1.165, 1.54) is 11.3 Å². The standard InChI is InChI=1S/C13H9N3OS/c1-17-13-16-11(7-18-13)12-9(6-14)8-4-2-3-5-10(8)15-12/h2-5,7,15H,1H3. The third-order valence-corrected chi connectivity index (χ3v) is 3.53. The van der Waals surface area contributed by atoms with Crippen molar-refractivity contribution in [3.63, 3.8) is 0 Å². The van der Waals surface area contributed by atoms with Crippen molar-refractivity contribution in [2.75, 3.05) is 7.11 Å². The van der Waals surface area contributed by atoms with Crippen LogP contribution in [0.25, 0.3) is 22.3 Å². The quantitative estimate of drug-likeness (QED) is 0.765. The molecule has 0 saturated carbocycles. The van der Waals surface area contributed by atoms with Gasteiger partial charge in [0.25, 0.3) is 5.19 Å². The van der Waals surface area contributed by atoms with Crippen LogP contribution < -0.4 is 4.74 Å². The van der Waals surface area contributed by atoms with E-state index in [0.29, 0.717) is 10.8 Å². The Balaban J connectivity index is 2.25. The van der Waals surface area contributed by atoms with E-state index in [1.54, 1.807) is 7.11 Å². The first-order valence-electron chi connectivity index (χ1n) is 5.34. The largest absolute Gasteiger partial charge is 0.473 e. The highest BCUT2D eigenvalue weighted by atomic mass is 32.1. The Morgan fingerprint density at radius 3 is 2.94 bits per heavy atom. The van der Waals surface area contributed by atoms with Crippen molar-refractivity contribution in [1.29, 1.82) is 5.26 Å². The average Bonchev–Trinajstić information content (AvgIpc) is 3.02. The molecule has 0 aliphatic rings. The number of nitrogens with zero attached hydrogens (tertiary/aromatic N) is 2. The molecule has 0 amide bonds. The van der Waals surface area contributed by atoms with E-state index in [1.807, 2.05) is 29.6 Å². The smallest absolute Gasteiger partial charge is 0.273 e. The Bertz CT molecular complexity index is 751. The highest BCUT2D eigenvalue weighted by Gasteiger charge is 2.15. The number of H-pyrrole nitrogens is 1. The minimum Gasteiger partial charge on any atom is -0.473 e. The molecular weight excluding hydrogens is 246 g/mol. The molecule has 88 valence electrons. The molecule has 5 heteroatoms. The van der Waals surface area contributed by atoms with E-state index < -0.39 is 0 Å². The molecule has 0 aliphatic heterocycles. The molecule has 2 heterocycles. The first kappa shape index (κ1) is 10.8. The number of aromatic amines is 1. The topological polar surface area (TPSA) is 61.7 Å². The van der Waals surface area contributed by atoms with Crippen molar-refractivity contribution in [1.82, 2.24) is 9.97 Å². The van der Waals surface area contributed by atoms with Crippen LogP contribution in [0.4, 0.5) is 0 Å². The van der Waals surface area contributed by atoms with Crippen LogP contribution in [0.1, 0.15) is 5.56 Å². The van der Waals surface area contributed by atoms with Gasteiger partial charge in [-0.15, -0.1) is 0 Å². The van der Waals surface area contributed by atoms with Gasteiger partial charge in [0.1, 0.15) is 11.8 Å². The lowest BCUT2D eigenvalue weighted by Gasteiger charge is -1.92. The van der Waals surface area contributed by atoms with Crippen LogP contribution in [0.3, 0.4) is 0 Å². The predicted octanol–water partition coefficient (Wildman–Crippen LogP) is 3.17. The Kier molecular flexibility index (Phi) is 2.50. The van der Waals surface area contributed by atoms with Gasteiger partial charge in [-0.1, -0.05) is 29.5 Å². The molecule has 0 radical (unpaired) electrons. The molecule has 3 rings (SSSR count). The molecule has 0 saturated heterocycles. The van der Waals surface area contributed by atoms with Crippen molar-refractivity contribution in [2.45, 2.75) is 0 Å². The zero-order chi connectivity index (χ0) is 12.5. The second kappa shape index (κ2) is 4.17. The summed E-state index contributed by atoms with van der Waals surface area (Å²) in [6, 6.07) is 9.97. The molecule has 1 aromatic carbocycles. The summed E-state index contributed by atoms with van der Waals surface area (Å²) in [5.74, 6) is 0. The van der Waals surface area contributed by atoms with E-state index in [2.05, 4.69) is 16.0 Å². The van der Waals surface area contributed by atoms with Crippen molar-refractivity contribution in [3.8, 4) is 22.7 Å². The molecule has 2 aromatic heterocycles. The van der Waals surface area contributed by atoms with Crippen LogP contribution >= 0.6 is 11.3 Å². The van der Waals surface area contributed by atoms with Crippen LogP contribution in [0.5, 0.6) is 5.19 Å². The summed E-state index contributed by atoms with van der Waals surface area (Å²) >= 11 is 1.41. The third-order valence-electron chi connectivity index (χ3n) is 2.73. The molecule has 0 atom stereocenters. The maximum atomic E-state index is 9.31. The lowest BCUT2D eigenvalue weighted by atomic mass is 10.1. The normalized spacial score (nSPS) is 10.4. The molecule has 0 fully saturated rings. The Hall–Kier alpha value is -2.32. The van der Waals surface area contributed by atoms with Crippen LogP contribution in [0, 0.1) is 11.3 Å². The van der Waals surface area contributed by atoms with E-state index in [-0.39, 0.29) is 0 Å². The van der Waals surface area contributed by atoms with Gasteiger partial charge >= 0.3 is 0 Å². The highest BCUT2D eigenvalue weighted by Crippen LogP contribution is 2.32. The van der Waals surface area contributed by atoms with E-state index in [9.17, 15) is 5.26 Å². The number of fused-ring (bicyclic) bond motifs is 1. The SMILES string of the molecule is COc1nc(-c2[nH]c3ccccc3c2C#N)cs1. The molecule has 3 aromatic rings. The lowest BCUT2D eigenvalue weighted by molar-refractivity contribution is 0.412. The Morgan fingerprint density at radius 1 is 1.39 bits per heavy atom. The van der Waals surface area contributed by atoms with Gasteiger partial charge in [0, 0.05) is 16.3 Å². The molecule has 1 N–H and O–H groups in total. The number of rotatable bonds is 2. The maximum absolute atomic E-state index is 9.31. The third kappa shape index (κ3) is 1.55. The summed E-state index contributed by atoms with van der Waals surface area (Å²) in [5.41, 5.74) is 3.05. The fourth-order valence-electron chi connectivity index (χ4n) is 1.92. The first-order chi connectivity index (χ1) is 8.83. The summed E-state index contributed by atoms with van der Waals surface area (Å²) in [6.07, 6.45) is 0. The number of hydrogen-bond acceptors (Lipinski definition) is 4. The zero-order valence-corrected chi connectivity index (χ0v) is 10.4. The molecule has 0 unspecified atom stereocenters. The van der Waals surface area contributed by atoms with Crippen molar-refractivity contribution < 1.29 is 4.74 Å². The molecule has 0 aliphatic carbocycles. The first-order valence-corrected chi connectivity index (χ1v) is 6.22. The van der Waals surface area contributed by atoms with Crippen LogP contribution in [-0.4, -0.2) is 17.1 Å². The summed E-state index contributed by atoms with van der Waals surface area (Å²) < 4.78 is 5.07. The number of benzene rings is 1. The van der Waals surface area contributed by atoms with Crippen LogP contribution in [-0.2, 0) is 0 Å². The average molecular weight is 255 g/mol. The summed E-state index contributed by atoms with van der Waals surface area (Å²) in [7, 11) is 1.58. The van der Waals surface area contributed by atoms with Gasteiger partial charge in [0.15, 0.2) is 0 Å². The number of thiazole rings is 1. The summed E-state index contributed by atoms with van der Waals surface area (Å²) in [4.78, 5) is 7.55. The van der Waals surface area contributed by atoms with Crippen LogP contribution in [0.15, 0.2) is 29.6 Å². The second-order valence-corrected chi connectivity index (χ2v) is 4.56. The molecule has 18 heavy (non-hydrogen) atoms. The molecule has 0 bridgehead atoms. The molecular formula is C13H9N3OS. The number of nitriles is 1. The van der Waals surface area contributed by atoms with Gasteiger partial charge < -0.3 is 9.72 Å². The highest BCUT2D eigenvalue weighted by molar-refractivity contribution is 7.11. The number of hydrogen-bond donors (Lipinski definition) is 1. The van der Waals surface area contributed by atoms with Gasteiger partial charge in [-0.25, -0.2) is 4.98 Å². The van der Waals surface area contributed by atoms with E-state index in [0.717, 1.165) is 22.3 Å². The van der Waals surface area contributed by atoms with Gasteiger partial charge in [0.05, 0.1) is 18.4 Å². The Labute approximate surface area is 107 Å².